The highest BCUT2D eigenvalue weighted by Crippen LogP contribution is 2.34. The van der Waals surface area contributed by atoms with Crippen molar-refractivity contribution in [3.05, 3.63) is 47.5 Å². The molecule has 48 heavy (non-hydrogen) atoms. The molecule has 0 aromatic heterocycles. The summed E-state index contributed by atoms with van der Waals surface area (Å²) in [6.07, 6.45) is -14.7. The number of ether oxygens (including phenoxy) is 6. The normalized spacial score (nSPS) is 32.0. The summed E-state index contributed by atoms with van der Waals surface area (Å²) in [7, 11) is 2.79. The number of aliphatic hydroxyl groups excluding tert-OH is 8. The number of aliphatic hydroxyl groups is 8. The van der Waals surface area contributed by atoms with E-state index in [-0.39, 0.29) is 49.1 Å². The zero-order chi connectivity index (χ0) is 35.1. The fourth-order valence-corrected chi connectivity index (χ4v) is 5.87. The van der Waals surface area contributed by atoms with Gasteiger partial charge in [0.15, 0.2) is 35.6 Å². The van der Waals surface area contributed by atoms with Crippen molar-refractivity contribution in [2.45, 2.75) is 74.3 Å². The number of hydrogen-bond acceptors (Lipinski definition) is 16. The van der Waals surface area contributed by atoms with Gasteiger partial charge >= 0.3 is 0 Å². The maximum atomic E-state index is 10.6. The monoisotopic (exact) mass is 686 g/mol. The number of aromatic hydroxyl groups is 2. The first kappa shape index (κ1) is 38.0. The van der Waals surface area contributed by atoms with E-state index in [1.54, 1.807) is 24.3 Å². The van der Waals surface area contributed by atoms with Crippen LogP contribution in [-0.4, -0.2) is 153 Å². The van der Waals surface area contributed by atoms with Gasteiger partial charge in [0, 0.05) is 0 Å². The van der Waals surface area contributed by atoms with Gasteiger partial charge < -0.3 is 79.5 Å². The summed E-state index contributed by atoms with van der Waals surface area (Å²) < 4.78 is 33.6. The quantitative estimate of drug-likeness (QED) is 0.0951. The van der Waals surface area contributed by atoms with Crippen molar-refractivity contribution >= 4 is 0 Å². The molecule has 0 bridgehead atoms. The Kier molecular flexibility index (Phi) is 13.6. The molecule has 0 aliphatic carbocycles. The molecule has 0 amide bonds. The smallest absolute Gasteiger partial charge is 0.186 e. The lowest BCUT2D eigenvalue weighted by atomic mass is 9.83. The van der Waals surface area contributed by atoms with Crippen molar-refractivity contribution in [3.8, 4) is 23.0 Å². The van der Waals surface area contributed by atoms with Gasteiger partial charge in [0.2, 0.25) is 0 Å². The van der Waals surface area contributed by atoms with Crippen LogP contribution >= 0.6 is 0 Å². The maximum Gasteiger partial charge on any atom is 0.186 e. The van der Waals surface area contributed by atoms with Crippen molar-refractivity contribution in [3.63, 3.8) is 0 Å². The minimum absolute atomic E-state index is 0.0888. The number of rotatable bonds is 15. The molecule has 16 heteroatoms. The van der Waals surface area contributed by atoms with Crippen LogP contribution in [0.1, 0.15) is 11.1 Å². The van der Waals surface area contributed by atoms with E-state index >= 15 is 0 Å². The molecule has 0 unspecified atom stereocenters. The Morgan fingerprint density at radius 2 is 0.958 bits per heavy atom. The second-order valence-electron chi connectivity index (χ2n) is 12.0. The van der Waals surface area contributed by atoms with E-state index in [0.29, 0.717) is 11.1 Å². The van der Waals surface area contributed by atoms with E-state index in [1.807, 2.05) is 0 Å². The van der Waals surface area contributed by atoms with Crippen LogP contribution < -0.4 is 9.47 Å². The van der Waals surface area contributed by atoms with Crippen molar-refractivity contribution in [1.82, 2.24) is 0 Å². The first-order chi connectivity index (χ1) is 22.9. The molecule has 2 fully saturated rings. The Bertz CT molecular complexity index is 1200. The van der Waals surface area contributed by atoms with Crippen molar-refractivity contribution < 1.29 is 79.5 Å². The fourth-order valence-electron chi connectivity index (χ4n) is 5.87. The molecule has 0 radical (unpaired) electrons. The molecule has 270 valence electrons. The Balaban J connectivity index is 1.66. The predicted octanol–water partition coefficient (Wildman–Crippen LogP) is -2.23. The average molecular weight is 687 g/mol. The SMILES string of the molecule is COc1cc(C[C@@H](CO[C@@H]2O[C@H](CO)[C@@H](O)[C@H](O)[C@H]2O)[C@@H](CO[C@@H]2O[C@H](CO)[C@@H](O)[C@H](O)[C@H]2O)Cc2ccc(O)c(OC)c2)ccc1O. The van der Waals surface area contributed by atoms with Gasteiger partial charge in [0.05, 0.1) is 40.6 Å². The molecule has 2 heterocycles. The largest absolute Gasteiger partial charge is 0.504 e. The van der Waals surface area contributed by atoms with Crippen LogP contribution in [-0.2, 0) is 31.8 Å². The minimum atomic E-state index is -1.67. The van der Waals surface area contributed by atoms with Crippen LogP contribution in [0.4, 0.5) is 0 Å². The lowest BCUT2D eigenvalue weighted by molar-refractivity contribution is -0.308. The number of benzene rings is 2. The molecular weight excluding hydrogens is 640 g/mol. The molecule has 0 saturated carbocycles. The number of phenols is 2. The lowest BCUT2D eigenvalue weighted by Gasteiger charge is -2.41. The summed E-state index contributed by atoms with van der Waals surface area (Å²) in [4.78, 5) is 0. The highest BCUT2D eigenvalue weighted by Gasteiger charge is 2.46. The first-order valence-electron chi connectivity index (χ1n) is 15.5. The van der Waals surface area contributed by atoms with Crippen molar-refractivity contribution in [2.24, 2.45) is 11.8 Å². The van der Waals surface area contributed by atoms with Crippen molar-refractivity contribution in [1.29, 1.82) is 0 Å². The van der Waals surface area contributed by atoms with Crippen LogP contribution in [0, 0.1) is 11.8 Å². The van der Waals surface area contributed by atoms with Gasteiger partial charge in [-0.3, -0.25) is 0 Å². The summed E-state index contributed by atoms with van der Waals surface area (Å²) >= 11 is 0. The topological polar surface area (TPSA) is 258 Å². The Morgan fingerprint density at radius 1 is 0.583 bits per heavy atom. The second kappa shape index (κ2) is 17.2. The van der Waals surface area contributed by atoms with E-state index in [2.05, 4.69) is 0 Å². The van der Waals surface area contributed by atoms with Crippen LogP contribution in [0.5, 0.6) is 23.0 Å². The third kappa shape index (κ3) is 8.84. The van der Waals surface area contributed by atoms with Crippen molar-refractivity contribution in [2.75, 3.05) is 40.6 Å². The van der Waals surface area contributed by atoms with E-state index < -0.39 is 86.5 Å². The van der Waals surface area contributed by atoms with Crippen LogP contribution in [0.2, 0.25) is 0 Å². The molecule has 2 aromatic carbocycles. The van der Waals surface area contributed by atoms with E-state index in [4.69, 9.17) is 28.4 Å². The highest BCUT2D eigenvalue weighted by atomic mass is 16.7. The molecule has 12 atom stereocenters. The predicted molar refractivity (Wildman–Crippen MR) is 163 cm³/mol. The maximum absolute atomic E-state index is 10.6. The number of hydrogen-bond donors (Lipinski definition) is 10. The highest BCUT2D eigenvalue weighted by molar-refractivity contribution is 5.43. The molecule has 0 spiro atoms. The molecule has 4 rings (SSSR count). The molecule has 2 aromatic rings. The van der Waals surface area contributed by atoms with Gasteiger partial charge in [-0.1, -0.05) is 12.1 Å². The third-order valence-electron chi connectivity index (χ3n) is 8.80. The van der Waals surface area contributed by atoms with Gasteiger partial charge in [-0.05, 0) is 60.1 Å². The van der Waals surface area contributed by atoms with Gasteiger partial charge in [0.25, 0.3) is 0 Å². The van der Waals surface area contributed by atoms with Crippen LogP contribution in [0.3, 0.4) is 0 Å². The Morgan fingerprint density at radius 3 is 1.29 bits per heavy atom. The summed E-state index contributed by atoms with van der Waals surface area (Å²) in [6, 6.07) is 9.47. The summed E-state index contributed by atoms with van der Waals surface area (Å²) in [6.45, 7) is -1.63. The molecular formula is C32H46O16. The summed E-state index contributed by atoms with van der Waals surface area (Å²) in [5.41, 5.74) is 1.38. The first-order valence-corrected chi connectivity index (χ1v) is 15.5. The Hall–Kier alpha value is -2.84. The van der Waals surface area contributed by atoms with Crippen LogP contribution in [0.15, 0.2) is 36.4 Å². The van der Waals surface area contributed by atoms with Gasteiger partial charge in [-0.25, -0.2) is 0 Å². The fraction of sp³-hybridized carbons (Fsp3) is 0.625. The van der Waals surface area contributed by atoms with E-state index in [1.165, 1.54) is 26.4 Å². The number of methoxy groups -OCH3 is 2. The number of phenolic OH excluding ortho intramolecular Hbond substituents is 2. The molecule has 2 aliphatic heterocycles. The summed E-state index contributed by atoms with van der Waals surface area (Å²) in [5, 5.41) is 102. The van der Waals surface area contributed by atoms with Gasteiger partial charge in [0.1, 0.15) is 48.8 Å². The third-order valence-corrected chi connectivity index (χ3v) is 8.80. The summed E-state index contributed by atoms with van der Waals surface area (Å²) in [5.74, 6) is -0.854. The van der Waals surface area contributed by atoms with Gasteiger partial charge in [-0.15, -0.1) is 0 Å². The molecule has 10 N–H and O–H groups in total. The van der Waals surface area contributed by atoms with Crippen LogP contribution in [0.25, 0.3) is 0 Å². The van der Waals surface area contributed by atoms with Gasteiger partial charge in [-0.2, -0.15) is 0 Å². The minimum Gasteiger partial charge on any atom is -0.504 e. The standard InChI is InChI=1S/C32H46O16/c1-43-21-9-15(3-5-19(21)35)7-17(13-45-31-29(41)27(39)25(37)23(11-33)47-31)18(8-16-4-6-20(36)22(10-16)44-2)14-46-32-30(42)28(40)26(38)24(12-34)48-32/h3-6,9-10,17-18,23-42H,7-8,11-14H2,1-2H3/t17-,18+,23-,24-,25-,26-,27+,28+,29-,30-,31-,32-/m1/s1. The molecule has 2 saturated heterocycles. The zero-order valence-electron chi connectivity index (χ0n) is 26.6. The zero-order valence-corrected chi connectivity index (χ0v) is 26.6. The second-order valence-corrected chi connectivity index (χ2v) is 12.0. The molecule has 16 nitrogen and oxygen atoms in total. The molecule has 2 aliphatic rings. The lowest BCUT2D eigenvalue weighted by Crippen LogP contribution is -2.59. The van der Waals surface area contributed by atoms with E-state index in [0.717, 1.165) is 0 Å². The average Bonchev–Trinajstić information content (AvgIpc) is 3.09. The Labute approximate surface area is 276 Å². The van der Waals surface area contributed by atoms with E-state index in [9.17, 15) is 51.1 Å².